The number of carbonyl (C=O) groups is 2. The second-order valence-corrected chi connectivity index (χ2v) is 4.84. The maximum Gasteiger partial charge on any atom is 0.257 e. The Morgan fingerprint density at radius 1 is 1.21 bits per heavy atom. The fraction of sp³-hybridized carbons (Fsp3) is 0.333. The number of hydrogen-bond donors (Lipinski definition) is 2. The summed E-state index contributed by atoms with van der Waals surface area (Å²) in [5.74, 6) is -3.10. The number of halogens is 3. The van der Waals surface area contributed by atoms with Gasteiger partial charge in [0.15, 0.2) is 0 Å². The minimum Gasteiger partial charge on any atom is -0.370 e. The van der Waals surface area contributed by atoms with Crippen LogP contribution in [0, 0.1) is 11.6 Å². The lowest BCUT2D eigenvalue weighted by Gasteiger charge is -2.07. The van der Waals surface area contributed by atoms with E-state index in [1.807, 2.05) is 0 Å². The van der Waals surface area contributed by atoms with Gasteiger partial charge in [-0.15, -0.1) is 0 Å². The molecule has 1 aromatic carbocycles. The number of rotatable bonds is 6. The molecule has 0 aliphatic rings. The van der Waals surface area contributed by atoms with Gasteiger partial charge in [-0.2, -0.15) is 0 Å². The first-order valence-electron chi connectivity index (χ1n) is 5.63. The Hall–Kier alpha value is -1.50. The summed E-state index contributed by atoms with van der Waals surface area (Å²) in [7, 11) is 0. The van der Waals surface area contributed by atoms with Gasteiger partial charge in [0.05, 0.1) is 0 Å². The number of amides is 2. The SMILES string of the molecule is NC(=O)CCCCNC(=O)c1c(F)cc(Br)cc1F. The second-order valence-electron chi connectivity index (χ2n) is 3.92. The Kier molecular flexibility index (Phi) is 5.88. The lowest BCUT2D eigenvalue weighted by molar-refractivity contribution is -0.118. The van der Waals surface area contributed by atoms with Crippen LogP contribution in [0.2, 0.25) is 0 Å². The number of primary amides is 1. The molecule has 0 aromatic heterocycles. The van der Waals surface area contributed by atoms with E-state index in [4.69, 9.17) is 5.73 Å². The molecule has 0 saturated heterocycles. The number of hydrogen-bond acceptors (Lipinski definition) is 2. The van der Waals surface area contributed by atoms with Gasteiger partial charge in [-0.05, 0) is 25.0 Å². The highest BCUT2D eigenvalue weighted by atomic mass is 79.9. The highest BCUT2D eigenvalue weighted by Gasteiger charge is 2.17. The van der Waals surface area contributed by atoms with E-state index in [1.165, 1.54) is 0 Å². The van der Waals surface area contributed by atoms with E-state index in [9.17, 15) is 18.4 Å². The molecule has 0 unspecified atom stereocenters. The van der Waals surface area contributed by atoms with Gasteiger partial charge in [-0.25, -0.2) is 8.78 Å². The van der Waals surface area contributed by atoms with Crippen molar-refractivity contribution in [3.63, 3.8) is 0 Å². The predicted octanol–water partition coefficient (Wildman–Crippen LogP) is 2.11. The molecular formula is C12H13BrF2N2O2. The number of carbonyl (C=O) groups excluding carboxylic acids is 2. The Morgan fingerprint density at radius 3 is 2.32 bits per heavy atom. The summed E-state index contributed by atoms with van der Waals surface area (Å²) in [6.45, 7) is 0.223. The van der Waals surface area contributed by atoms with Crippen molar-refractivity contribution < 1.29 is 18.4 Å². The molecule has 0 fully saturated rings. The van der Waals surface area contributed by atoms with Crippen LogP contribution in [0.15, 0.2) is 16.6 Å². The van der Waals surface area contributed by atoms with Crippen molar-refractivity contribution in [3.05, 3.63) is 33.8 Å². The van der Waals surface area contributed by atoms with E-state index in [2.05, 4.69) is 21.2 Å². The minimum atomic E-state index is -0.929. The van der Waals surface area contributed by atoms with Gasteiger partial charge in [0.2, 0.25) is 5.91 Å². The third-order valence-electron chi connectivity index (χ3n) is 2.37. The van der Waals surface area contributed by atoms with E-state index in [-0.39, 0.29) is 17.4 Å². The van der Waals surface area contributed by atoms with Crippen LogP contribution < -0.4 is 11.1 Å². The first kappa shape index (κ1) is 15.6. The summed E-state index contributed by atoms with van der Waals surface area (Å²) < 4.78 is 27.1. The molecule has 104 valence electrons. The standard InChI is InChI=1S/C12H13BrF2N2O2/c13-7-5-8(14)11(9(15)6-7)12(19)17-4-2-1-3-10(16)18/h5-6H,1-4H2,(H2,16,18)(H,17,19). The molecule has 1 aromatic rings. The molecule has 0 radical (unpaired) electrons. The van der Waals surface area contributed by atoms with Gasteiger partial charge in [-0.3, -0.25) is 9.59 Å². The number of unbranched alkanes of at least 4 members (excludes halogenated alkanes) is 1. The molecule has 0 atom stereocenters. The van der Waals surface area contributed by atoms with E-state index in [0.717, 1.165) is 12.1 Å². The van der Waals surface area contributed by atoms with Gasteiger partial charge >= 0.3 is 0 Å². The fourth-order valence-electron chi connectivity index (χ4n) is 1.47. The van der Waals surface area contributed by atoms with E-state index in [0.29, 0.717) is 12.8 Å². The molecule has 1 rings (SSSR count). The Balaban J connectivity index is 2.52. The Morgan fingerprint density at radius 2 is 1.79 bits per heavy atom. The third kappa shape index (κ3) is 4.94. The molecule has 3 N–H and O–H groups in total. The molecule has 7 heteroatoms. The second kappa shape index (κ2) is 7.18. The van der Waals surface area contributed by atoms with E-state index >= 15 is 0 Å². The first-order chi connectivity index (χ1) is 8.91. The predicted molar refractivity (Wildman–Crippen MR) is 69.4 cm³/mol. The molecule has 2 amide bonds. The van der Waals surface area contributed by atoms with Crippen LogP contribution in [-0.4, -0.2) is 18.4 Å². The van der Waals surface area contributed by atoms with Crippen molar-refractivity contribution in [2.45, 2.75) is 19.3 Å². The maximum absolute atomic E-state index is 13.5. The number of benzene rings is 1. The van der Waals surface area contributed by atoms with Gasteiger partial charge < -0.3 is 11.1 Å². The van der Waals surface area contributed by atoms with Gasteiger partial charge in [-0.1, -0.05) is 15.9 Å². The van der Waals surface area contributed by atoms with Crippen molar-refractivity contribution in [3.8, 4) is 0 Å². The first-order valence-corrected chi connectivity index (χ1v) is 6.42. The quantitative estimate of drug-likeness (QED) is 0.782. The molecular weight excluding hydrogens is 322 g/mol. The molecule has 0 spiro atoms. The highest BCUT2D eigenvalue weighted by molar-refractivity contribution is 9.10. The van der Waals surface area contributed by atoms with Gasteiger partial charge in [0.1, 0.15) is 17.2 Å². The van der Waals surface area contributed by atoms with E-state index < -0.39 is 29.0 Å². The normalized spacial score (nSPS) is 10.3. The lowest BCUT2D eigenvalue weighted by Crippen LogP contribution is -2.26. The zero-order valence-electron chi connectivity index (χ0n) is 10.0. The van der Waals surface area contributed by atoms with Crippen LogP contribution in [0.3, 0.4) is 0 Å². The zero-order valence-corrected chi connectivity index (χ0v) is 11.6. The van der Waals surface area contributed by atoms with Crippen LogP contribution in [0.25, 0.3) is 0 Å². The van der Waals surface area contributed by atoms with Crippen LogP contribution in [0.4, 0.5) is 8.78 Å². The summed E-state index contributed by atoms with van der Waals surface area (Å²) in [6, 6.07) is 2.04. The van der Waals surface area contributed by atoms with Crippen LogP contribution in [0.1, 0.15) is 29.6 Å². The topological polar surface area (TPSA) is 72.2 Å². The average Bonchev–Trinajstić information content (AvgIpc) is 2.26. The minimum absolute atomic E-state index is 0.219. The molecule has 0 heterocycles. The summed E-state index contributed by atoms with van der Waals surface area (Å²) >= 11 is 2.93. The smallest absolute Gasteiger partial charge is 0.257 e. The molecule has 0 aliphatic carbocycles. The Labute approximate surface area is 117 Å². The molecule has 0 aliphatic heterocycles. The zero-order chi connectivity index (χ0) is 14.4. The third-order valence-corrected chi connectivity index (χ3v) is 2.83. The molecule has 0 saturated carbocycles. The van der Waals surface area contributed by atoms with Crippen LogP contribution in [-0.2, 0) is 4.79 Å². The monoisotopic (exact) mass is 334 g/mol. The van der Waals surface area contributed by atoms with E-state index in [1.54, 1.807) is 0 Å². The number of nitrogens with two attached hydrogens (primary N) is 1. The van der Waals surface area contributed by atoms with Gasteiger partial charge in [0, 0.05) is 17.4 Å². The van der Waals surface area contributed by atoms with Crippen molar-refractivity contribution in [2.24, 2.45) is 5.73 Å². The van der Waals surface area contributed by atoms with Gasteiger partial charge in [0.25, 0.3) is 5.91 Å². The lowest BCUT2D eigenvalue weighted by atomic mass is 10.1. The fourth-order valence-corrected chi connectivity index (χ4v) is 1.88. The number of nitrogens with one attached hydrogen (secondary N) is 1. The van der Waals surface area contributed by atoms with Crippen molar-refractivity contribution in [2.75, 3.05) is 6.54 Å². The summed E-state index contributed by atoms with van der Waals surface area (Å²) in [4.78, 5) is 22.1. The van der Waals surface area contributed by atoms with Crippen molar-refractivity contribution in [1.29, 1.82) is 0 Å². The Bertz CT molecular complexity index is 472. The van der Waals surface area contributed by atoms with Crippen LogP contribution in [0.5, 0.6) is 0 Å². The maximum atomic E-state index is 13.5. The highest BCUT2D eigenvalue weighted by Crippen LogP contribution is 2.19. The van der Waals surface area contributed by atoms with Crippen molar-refractivity contribution in [1.82, 2.24) is 5.32 Å². The molecule has 19 heavy (non-hydrogen) atoms. The largest absolute Gasteiger partial charge is 0.370 e. The molecule has 0 bridgehead atoms. The average molecular weight is 335 g/mol. The summed E-state index contributed by atoms with van der Waals surface area (Å²) in [5, 5.41) is 2.39. The van der Waals surface area contributed by atoms with Crippen LogP contribution >= 0.6 is 15.9 Å². The summed E-state index contributed by atoms with van der Waals surface area (Å²) in [6.07, 6.45) is 1.24. The van der Waals surface area contributed by atoms with Crippen molar-refractivity contribution >= 4 is 27.7 Å². The summed E-state index contributed by atoms with van der Waals surface area (Å²) in [5.41, 5.74) is 4.34. The molecule has 4 nitrogen and oxygen atoms in total.